The SMILES string of the molecule is COc1ccc(C2(CNC(=O)Nc3cc(C)ccc3C)CC2)cc1. The molecular weight excluding hydrogens is 300 g/mol. The summed E-state index contributed by atoms with van der Waals surface area (Å²) in [7, 11) is 1.67. The number of rotatable bonds is 5. The van der Waals surface area contributed by atoms with Crippen LogP contribution in [0.1, 0.15) is 29.5 Å². The summed E-state index contributed by atoms with van der Waals surface area (Å²) in [6.45, 7) is 4.66. The first kappa shape index (κ1) is 16.4. The Balaban J connectivity index is 1.60. The molecule has 1 aliphatic rings. The van der Waals surface area contributed by atoms with Crippen LogP contribution in [0.15, 0.2) is 42.5 Å². The molecule has 1 aliphatic carbocycles. The summed E-state index contributed by atoms with van der Waals surface area (Å²) >= 11 is 0. The second kappa shape index (κ2) is 6.56. The monoisotopic (exact) mass is 324 g/mol. The summed E-state index contributed by atoms with van der Waals surface area (Å²) in [6.07, 6.45) is 2.20. The van der Waals surface area contributed by atoms with Crippen LogP contribution < -0.4 is 15.4 Å². The van der Waals surface area contributed by atoms with Crippen LogP contribution in [0, 0.1) is 13.8 Å². The van der Waals surface area contributed by atoms with Gasteiger partial charge >= 0.3 is 6.03 Å². The molecule has 0 bridgehead atoms. The molecule has 0 aliphatic heterocycles. The van der Waals surface area contributed by atoms with Crippen LogP contribution >= 0.6 is 0 Å². The molecule has 1 fully saturated rings. The minimum Gasteiger partial charge on any atom is -0.497 e. The van der Waals surface area contributed by atoms with E-state index in [1.54, 1.807) is 7.11 Å². The number of benzene rings is 2. The lowest BCUT2D eigenvalue weighted by Crippen LogP contribution is -2.35. The van der Waals surface area contributed by atoms with E-state index in [9.17, 15) is 4.79 Å². The van der Waals surface area contributed by atoms with Gasteiger partial charge in [-0.05, 0) is 61.6 Å². The zero-order valence-electron chi connectivity index (χ0n) is 14.5. The lowest BCUT2D eigenvalue weighted by atomic mass is 9.96. The van der Waals surface area contributed by atoms with Gasteiger partial charge in [0.25, 0.3) is 0 Å². The molecule has 1 saturated carbocycles. The Morgan fingerprint density at radius 2 is 1.83 bits per heavy atom. The molecule has 3 rings (SSSR count). The third-order valence-corrected chi connectivity index (χ3v) is 4.78. The van der Waals surface area contributed by atoms with Crippen molar-refractivity contribution in [2.45, 2.75) is 32.1 Å². The van der Waals surface area contributed by atoms with Crippen LogP contribution in [0.25, 0.3) is 0 Å². The lowest BCUT2D eigenvalue weighted by Gasteiger charge is -2.18. The Bertz CT molecular complexity index is 734. The number of carbonyl (C=O) groups is 1. The molecule has 24 heavy (non-hydrogen) atoms. The van der Waals surface area contributed by atoms with Crippen LogP contribution in [0.5, 0.6) is 5.75 Å². The van der Waals surface area contributed by atoms with E-state index in [-0.39, 0.29) is 11.4 Å². The average Bonchev–Trinajstić information content (AvgIpc) is 3.38. The van der Waals surface area contributed by atoms with Crippen LogP contribution in [0.2, 0.25) is 0 Å². The second-order valence-electron chi connectivity index (χ2n) is 6.63. The summed E-state index contributed by atoms with van der Waals surface area (Å²) in [5.41, 5.74) is 4.39. The van der Waals surface area contributed by atoms with E-state index in [1.807, 2.05) is 44.2 Å². The molecule has 2 N–H and O–H groups in total. The first-order chi connectivity index (χ1) is 11.5. The standard InChI is InChI=1S/C20H24N2O2/c1-14-4-5-15(2)18(12-14)22-19(23)21-13-20(10-11-20)16-6-8-17(24-3)9-7-16/h4-9,12H,10-11,13H2,1-3H3,(H2,21,22,23). The van der Waals surface area contributed by atoms with Gasteiger partial charge in [-0.3, -0.25) is 0 Å². The van der Waals surface area contributed by atoms with Gasteiger partial charge in [-0.2, -0.15) is 0 Å². The minimum absolute atomic E-state index is 0.0747. The van der Waals surface area contributed by atoms with E-state index < -0.39 is 0 Å². The van der Waals surface area contributed by atoms with Crippen molar-refractivity contribution in [1.29, 1.82) is 0 Å². The highest BCUT2D eigenvalue weighted by Crippen LogP contribution is 2.47. The van der Waals surface area contributed by atoms with Gasteiger partial charge in [0, 0.05) is 17.6 Å². The van der Waals surface area contributed by atoms with E-state index in [4.69, 9.17) is 4.74 Å². The fraction of sp³-hybridized carbons (Fsp3) is 0.350. The maximum Gasteiger partial charge on any atom is 0.319 e. The Hall–Kier alpha value is -2.49. The Morgan fingerprint density at radius 3 is 2.46 bits per heavy atom. The minimum atomic E-state index is -0.150. The molecule has 0 atom stereocenters. The number of nitrogens with one attached hydrogen (secondary N) is 2. The number of amides is 2. The lowest BCUT2D eigenvalue weighted by molar-refractivity contribution is 0.251. The first-order valence-corrected chi connectivity index (χ1v) is 8.29. The van der Waals surface area contributed by atoms with Crippen molar-refractivity contribution in [3.63, 3.8) is 0 Å². The predicted molar refractivity (Wildman–Crippen MR) is 96.8 cm³/mol. The molecule has 4 nitrogen and oxygen atoms in total. The number of ether oxygens (including phenoxy) is 1. The van der Waals surface area contributed by atoms with Crippen molar-refractivity contribution in [1.82, 2.24) is 5.32 Å². The molecular formula is C20H24N2O2. The zero-order valence-corrected chi connectivity index (χ0v) is 14.5. The van der Waals surface area contributed by atoms with Crippen molar-refractivity contribution >= 4 is 11.7 Å². The molecule has 0 radical (unpaired) electrons. The first-order valence-electron chi connectivity index (χ1n) is 8.29. The van der Waals surface area contributed by atoms with Crippen LogP contribution in [0.4, 0.5) is 10.5 Å². The van der Waals surface area contributed by atoms with Crippen molar-refractivity contribution in [2.75, 3.05) is 19.0 Å². The third kappa shape index (κ3) is 3.53. The summed E-state index contributed by atoms with van der Waals surface area (Å²) in [5.74, 6) is 0.857. The van der Waals surface area contributed by atoms with Crippen molar-refractivity contribution in [3.05, 3.63) is 59.2 Å². The van der Waals surface area contributed by atoms with Gasteiger partial charge in [0.1, 0.15) is 5.75 Å². The van der Waals surface area contributed by atoms with Crippen molar-refractivity contribution in [2.24, 2.45) is 0 Å². The van der Waals surface area contributed by atoms with Gasteiger partial charge in [0.05, 0.1) is 7.11 Å². The van der Waals surface area contributed by atoms with Gasteiger partial charge in [0.15, 0.2) is 0 Å². The highest BCUT2D eigenvalue weighted by atomic mass is 16.5. The molecule has 2 aromatic carbocycles. The predicted octanol–water partition coefficient (Wildman–Crippen LogP) is 4.17. The van der Waals surface area contributed by atoms with Gasteiger partial charge in [-0.25, -0.2) is 4.79 Å². The van der Waals surface area contributed by atoms with Gasteiger partial charge in [0.2, 0.25) is 0 Å². The summed E-state index contributed by atoms with van der Waals surface area (Å²) < 4.78 is 5.21. The Morgan fingerprint density at radius 1 is 1.12 bits per heavy atom. The van der Waals surface area contributed by atoms with Crippen molar-refractivity contribution in [3.8, 4) is 5.75 Å². The normalized spacial score (nSPS) is 14.8. The number of hydrogen-bond donors (Lipinski definition) is 2. The quantitative estimate of drug-likeness (QED) is 0.867. The largest absolute Gasteiger partial charge is 0.497 e. The molecule has 4 heteroatoms. The molecule has 2 aromatic rings. The highest BCUT2D eigenvalue weighted by Gasteiger charge is 2.44. The summed E-state index contributed by atoms with van der Waals surface area (Å²) in [4.78, 5) is 12.2. The number of methoxy groups -OCH3 is 1. The zero-order chi connectivity index (χ0) is 17.2. The molecule has 0 unspecified atom stereocenters. The number of hydrogen-bond acceptors (Lipinski definition) is 2. The van der Waals surface area contributed by atoms with Crippen LogP contribution in [-0.4, -0.2) is 19.7 Å². The topological polar surface area (TPSA) is 50.4 Å². The number of anilines is 1. The Labute approximate surface area is 143 Å². The molecule has 0 heterocycles. The fourth-order valence-corrected chi connectivity index (χ4v) is 2.95. The van der Waals surface area contributed by atoms with Crippen LogP contribution in [-0.2, 0) is 5.41 Å². The third-order valence-electron chi connectivity index (χ3n) is 4.78. The highest BCUT2D eigenvalue weighted by molar-refractivity contribution is 5.90. The second-order valence-corrected chi connectivity index (χ2v) is 6.63. The Kier molecular flexibility index (Phi) is 4.47. The van der Waals surface area contributed by atoms with Crippen molar-refractivity contribution < 1.29 is 9.53 Å². The molecule has 2 amide bonds. The van der Waals surface area contributed by atoms with E-state index in [1.165, 1.54) is 5.56 Å². The van der Waals surface area contributed by atoms with Crippen LogP contribution in [0.3, 0.4) is 0 Å². The summed E-state index contributed by atoms with van der Waals surface area (Å²) in [6, 6.07) is 14.0. The molecule has 0 saturated heterocycles. The van der Waals surface area contributed by atoms with E-state index in [2.05, 4.69) is 22.8 Å². The van der Waals surface area contributed by atoms with E-state index >= 15 is 0 Å². The molecule has 0 aromatic heterocycles. The maximum absolute atomic E-state index is 12.2. The van der Waals surface area contributed by atoms with Gasteiger partial charge < -0.3 is 15.4 Å². The smallest absolute Gasteiger partial charge is 0.319 e. The molecule has 126 valence electrons. The van der Waals surface area contributed by atoms with Gasteiger partial charge in [-0.1, -0.05) is 24.3 Å². The fourth-order valence-electron chi connectivity index (χ4n) is 2.95. The molecule has 0 spiro atoms. The van der Waals surface area contributed by atoms with E-state index in [0.717, 1.165) is 35.4 Å². The van der Waals surface area contributed by atoms with Gasteiger partial charge in [-0.15, -0.1) is 0 Å². The van der Waals surface area contributed by atoms with E-state index in [0.29, 0.717) is 6.54 Å². The number of carbonyl (C=O) groups excluding carboxylic acids is 1. The number of aryl methyl sites for hydroxylation is 2. The summed E-state index contributed by atoms with van der Waals surface area (Å²) in [5, 5.41) is 5.98. The maximum atomic E-state index is 12.2. The number of urea groups is 1. The average molecular weight is 324 g/mol.